The molecular formula is C16H16O3S. The number of ketones is 1. The second-order valence-electron chi connectivity index (χ2n) is 5.25. The van der Waals surface area contributed by atoms with Crippen molar-refractivity contribution in [2.24, 2.45) is 0 Å². The molecule has 0 amide bonds. The Kier molecular flexibility index (Phi) is 3.34. The van der Waals surface area contributed by atoms with Crippen molar-refractivity contribution in [3.05, 3.63) is 42.5 Å². The quantitative estimate of drug-likeness (QED) is 0.853. The molecule has 3 rings (SSSR count). The molecule has 2 aromatic carbocycles. The van der Waals surface area contributed by atoms with Gasteiger partial charge in [-0.15, -0.1) is 0 Å². The maximum atomic E-state index is 12.6. The van der Waals surface area contributed by atoms with E-state index in [1.54, 1.807) is 18.2 Å². The van der Waals surface area contributed by atoms with E-state index >= 15 is 0 Å². The SMILES string of the molecule is O=C1CCCC[C@H]1S(=O)(=O)c1ccc2ccccc2c1. The summed E-state index contributed by atoms with van der Waals surface area (Å²) in [5, 5.41) is 1.04. The zero-order chi connectivity index (χ0) is 14.2. The molecule has 1 saturated carbocycles. The summed E-state index contributed by atoms with van der Waals surface area (Å²) in [4.78, 5) is 12.2. The Balaban J connectivity index is 2.06. The van der Waals surface area contributed by atoms with Gasteiger partial charge in [-0.05, 0) is 35.7 Å². The van der Waals surface area contributed by atoms with Crippen LogP contribution < -0.4 is 0 Å². The molecule has 1 fully saturated rings. The van der Waals surface area contributed by atoms with Gasteiger partial charge in [0.2, 0.25) is 0 Å². The van der Waals surface area contributed by atoms with Crippen molar-refractivity contribution in [3.63, 3.8) is 0 Å². The van der Waals surface area contributed by atoms with Gasteiger partial charge >= 0.3 is 0 Å². The van der Waals surface area contributed by atoms with Crippen LogP contribution in [0.5, 0.6) is 0 Å². The van der Waals surface area contributed by atoms with E-state index in [-0.39, 0.29) is 10.7 Å². The van der Waals surface area contributed by atoms with Crippen LogP contribution in [0.2, 0.25) is 0 Å². The predicted molar refractivity (Wildman–Crippen MR) is 78.4 cm³/mol. The van der Waals surface area contributed by atoms with E-state index in [1.807, 2.05) is 24.3 Å². The van der Waals surface area contributed by atoms with Crippen molar-refractivity contribution < 1.29 is 13.2 Å². The molecule has 0 N–H and O–H groups in total. The van der Waals surface area contributed by atoms with Crippen LogP contribution in [-0.4, -0.2) is 19.5 Å². The van der Waals surface area contributed by atoms with Crippen molar-refractivity contribution in [1.82, 2.24) is 0 Å². The first-order chi connectivity index (χ1) is 9.59. The lowest BCUT2D eigenvalue weighted by Gasteiger charge is -2.20. The minimum atomic E-state index is -3.55. The molecule has 0 aliphatic heterocycles. The highest BCUT2D eigenvalue weighted by Gasteiger charge is 2.35. The van der Waals surface area contributed by atoms with E-state index in [2.05, 4.69) is 0 Å². The molecule has 1 aliphatic rings. The molecule has 3 nitrogen and oxygen atoms in total. The average molecular weight is 288 g/mol. The summed E-state index contributed by atoms with van der Waals surface area (Å²) in [5.74, 6) is -0.135. The molecule has 104 valence electrons. The predicted octanol–water partition coefficient (Wildman–Crippen LogP) is 3.13. The molecule has 0 saturated heterocycles. The molecule has 2 aromatic rings. The lowest BCUT2D eigenvalue weighted by atomic mass is 9.99. The molecule has 1 atom stereocenters. The van der Waals surface area contributed by atoms with Crippen LogP contribution in [0.4, 0.5) is 0 Å². The van der Waals surface area contributed by atoms with Gasteiger partial charge < -0.3 is 0 Å². The van der Waals surface area contributed by atoms with Crippen LogP contribution in [0, 0.1) is 0 Å². The van der Waals surface area contributed by atoms with Gasteiger partial charge in [-0.2, -0.15) is 0 Å². The average Bonchev–Trinajstić information content (AvgIpc) is 2.47. The number of carbonyl (C=O) groups is 1. The molecule has 1 aliphatic carbocycles. The topological polar surface area (TPSA) is 51.2 Å². The Labute approximate surface area is 118 Å². The Morgan fingerprint density at radius 3 is 2.45 bits per heavy atom. The monoisotopic (exact) mass is 288 g/mol. The van der Waals surface area contributed by atoms with E-state index in [0.29, 0.717) is 12.8 Å². The van der Waals surface area contributed by atoms with Gasteiger partial charge in [-0.3, -0.25) is 4.79 Å². The summed E-state index contributed by atoms with van der Waals surface area (Å²) in [6.45, 7) is 0. The normalized spacial score (nSPS) is 20.2. The first kappa shape index (κ1) is 13.3. The summed E-state index contributed by atoms with van der Waals surface area (Å²) in [6.07, 6.45) is 2.46. The first-order valence-corrected chi connectivity index (χ1v) is 8.39. The van der Waals surface area contributed by atoms with E-state index < -0.39 is 15.1 Å². The van der Waals surface area contributed by atoms with E-state index in [4.69, 9.17) is 0 Å². The number of carbonyl (C=O) groups excluding carboxylic acids is 1. The second-order valence-corrected chi connectivity index (χ2v) is 7.39. The molecule has 0 bridgehead atoms. The fourth-order valence-corrected chi connectivity index (χ4v) is 4.61. The summed E-state index contributed by atoms with van der Waals surface area (Å²) in [7, 11) is -3.55. The van der Waals surface area contributed by atoms with Crippen molar-refractivity contribution in [2.75, 3.05) is 0 Å². The van der Waals surface area contributed by atoms with Crippen LogP contribution in [0.1, 0.15) is 25.7 Å². The molecule has 0 unspecified atom stereocenters. The highest BCUT2D eigenvalue weighted by molar-refractivity contribution is 7.92. The fourth-order valence-electron chi connectivity index (χ4n) is 2.79. The molecule has 0 radical (unpaired) electrons. The van der Waals surface area contributed by atoms with Gasteiger partial charge in [-0.25, -0.2) is 8.42 Å². The zero-order valence-electron chi connectivity index (χ0n) is 11.1. The highest BCUT2D eigenvalue weighted by atomic mass is 32.2. The third-order valence-corrected chi connectivity index (χ3v) is 6.08. The molecule has 0 spiro atoms. The molecular weight excluding hydrogens is 272 g/mol. The van der Waals surface area contributed by atoms with Crippen molar-refractivity contribution in [2.45, 2.75) is 35.8 Å². The second kappa shape index (κ2) is 5.02. The van der Waals surface area contributed by atoms with Crippen molar-refractivity contribution in [1.29, 1.82) is 0 Å². The number of sulfone groups is 1. The molecule has 0 heterocycles. The van der Waals surface area contributed by atoms with Crippen LogP contribution in [0.15, 0.2) is 47.4 Å². The van der Waals surface area contributed by atoms with E-state index in [9.17, 15) is 13.2 Å². The maximum absolute atomic E-state index is 12.6. The number of hydrogen-bond acceptors (Lipinski definition) is 3. The molecule has 0 aromatic heterocycles. The Hall–Kier alpha value is -1.68. The lowest BCUT2D eigenvalue weighted by molar-refractivity contribution is -0.119. The highest BCUT2D eigenvalue weighted by Crippen LogP contribution is 2.28. The van der Waals surface area contributed by atoms with Gasteiger partial charge in [0.25, 0.3) is 0 Å². The first-order valence-electron chi connectivity index (χ1n) is 6.84. The smallest absolute Gasteiger partial charge is 0.188 e. The number of fused-ring (bicyclic) bond motifs is 1. The number of Topliss-reactive ketones (excluding diaryl/α,β-unsaturated/α-hetero) is 1. The Morgan fingerprint density at radius 2 is 1.70 bits per heavy atom. The van der Waals surface area contributed by atoms with Crippen LogP contribution in [-0.2, 0) is 14.6 Å². The summed E-state index contributed by atoms with van der Waals surface area (Å²) < 4.78 is 25.2. The number of benzene rings is 2. The standard InChI is InChI=1S/C16H16O3S/c17-15-7-3-4-8-16(15)20(18,19)14-10-9-12-5-1-2-6-13(12)11-14/h1-2,5-6,9-11,16H,3-4,7-8H2/t16-/m1/s1. The number of rotatable bonds is 2. The maximum Gasteiger partial charge on any atom is 0.188 e. The fraction of sp³-hybridized carbons (Fsp3) is 0.312. The van der Waals surface area contributed by atoms with Crippen LogP contribution >= 0.6 is 0 Å². The van der Waals surface area contributed by atoms with Crippen molar-refractivity contribution >= 4 is 26.4 Å². The van der Waals surface area contributed by atoms with Gasteiger partial charge in [-0.1, -0.05) is 36.8 Å². The zero-order valence-corrected chi connectivity index (χ0v) is 11.9. The lowest BCUT2D eigenvalue weighted by Crippen LogP contribution is -2.33. The van der Waals surface area contributed by atoms with E-state index in [0.717, 1.165) is 23.6 Å². The number of hydrogen-bond donors (Lipinski definition) is 0. The minimum Gasteiger partial charge on any atom is -0.298 e. The summed E-state index contributed by atoms with van der Waals surface area (Å²) in [5.41, 5.74) is 0. The van der Waals surface area contributed by atoms with Crippen LogP contribution in [0.25, 0.3) is 10.8 Å². The Morgan fingerprint density at radius 1 is 0.950 bits per heavy atom. The van der Waals surface area contributed by atoms with Gasteiger partial charge in [0.1, 0.15) is 5.25 Å². The summed E-state index contributed by atoms with van der Waals surface area (Å²) in [6, 6.07) is 12.7. The molecule has 4 heteroatoms. The van der Waals surface area contributed by atoms with Crippen molar-refractivity contribution in [3.8, 4) is 0 Å². The molecule has 20 heavy (non-hydrogen) atoms. The van der Waals surface area contributed by atoms with Gasteiger partial charge in [0, 0.05) is 6.42 Å². The summed E-state index contributed by atoms with van der Waals surface area (Å²) >= 11 is 0. The van der Waals surface area contributed by atoms with Gasteiger partial charge in [0.15, 0.2) is 15.6 Å². The van der Waals surface area contributed by atoms with Crippen LogP contribution in [0.3, 0.4) is 0 Å². The largest absolute Gasteiger partial charge is 0.298 e. The third kappa shape index (κ3) is 2.24. The third-order valence-electron chi connectivity index (χ3n) is 3.92. The minimum absolute atomic E-state index is 0.135. The van der Waals surface area contributed by atoms with E-state index in [1.165, 1.54) is 0 Å². The van der Waals surface area contributed by atoms with Gasteiger partial charge in [0.05, 0.1) is 4.90 Å². The Bertz CT molecular complexity index is 762.